The van der Waals surface area contributed by atoms with Gasteiger partial charge in [-0.1, -0.05) is 30.3 Å². The van der Waals surface area contributed by atoms with Crippen molar-refractivity contribution in [2.75, 3.05) is 13.2 Å². The summed E-state index contributed by atoms with van der Waals surface area (Å²) in [5.74, 6) is -6.04. The molecule has 15 atom stereocenters. The van der Waals surface area contributed by atoms with Gasteiger partial charge in [0.2, 0.25) is 5.91 Å². The van der Waals surface area contributed by atoms with E-state index in [-0.39, 0.29) is 19.3 Å². The molecule has 4 rings (SSSR count). The number of ether oxygens (including phenoxy) is 7. The fraction of sp³-hybridized carbons (Fsp3) is 0.744. The molecule has 2 aliphatic heterocycles. The molecular weight excluding hydrogens is 770 g/mol. The van der Waals surface area contributed by atoms with Crippen molar-refractivity contribution in [3.05, 3.63) is 35.9 Å². The first-order valence-electron chi connectivity index (χ1n) is 19.2. The van der Waals surface area contributed by atoms with Gasteiger partial charge in [-0.25, -0.2) is 4.79 Å². The summed E-state index contributed by atoms with van der Waals surface area (Å²) < 4.78 is 41.6. The molecule has 19 heteroatoms. The molecule has 2 saturated heterocycles. The van der Waals surface area contributed by atoms with Crippen LogP contribution in [0.5, 0.6) is 0 Å². The Kier molecular flexibility index (Phi) is 16.2. The molecule has 0 spiro atoms. The fourth-order valence-corrected chi connectivity index (χ4v) is 7.17. The standard InChI is InChI=1S/C39H59NO18/c1-18(43)40-27-32(56-37-31(47)30(46)28(44)25(16-41)55-37)29(45)26(17-42)54-36(27)53-23-15-21(35(51)58-39(5,6)7)20(34(50)57-38(2,3)4)14-22(23)52-24(33(48)49)13-19-11-9-8-10-12-19/h8-12,20-32,36-37,41-42,44-47H,13-17H2,1-7H3,(H,40,43)(H,48,49)/t20-,21-,22+,23-,24+,25-,26-,27-,28-,29-,30-,31-,32+,36+,37-/m0/s1. The van der Waals surface area contributed by atoms with Gasteiger partial charge in [0.05, 0.1) is 37.3 Å². The van der Waals surface area contributed by atoms with Gasteiger partial charge in [-0.3, -0.25) is 14.4 Å². The number of aliphatic hydroxyl groups excluding tert-OH is 6. The molecule has 0 unspecified atom stereocenters. The zero-order chi connectivity index (χ0) is 43.3. The number of carbonyl (C=O) groups excluding carboxylic acids is 3. The summed E-state index contributed by atoms with van der Waals surface area (Å²) in [4.78, 5) is 53.1. The SMILES string of the molecule is CC(=O)N[C@@H]1[C@H](O[C@H]2C[C@H](C(=O)OC(C)(C)C)[C@@H](C(=O)OC(C)(C)C)C[C@H]2O[C@H](Cc2ccccc2)C(=O)O)O[C@@H](CO)[C@H](O)[C@@H]1O[C@@H]1O[C@@H](CO)[C@H](O)[C@H](O)[C@@H]1O. The van der Waals surface area contributed by atoms with Crippen LogP contribution >= 0.6 is 0 Å². The number of esters is 2. The van der Waals surface area contributed by atoms with Crippen LogP contribution in [0.4, 0.5) is 0 Å². The molecule has 1 aliphatic carbocycles. The minimum atomic E-state index is -1.93. The first-order chi connectivity index (χ1) is 27.0. The maximum atomic E-state index is 13.9. The molecule has 1 aromatic rings. The lowest BCUT2D eigenvalue weighted by atomic mass is 9.75. The average molecular weight is 830 g/mol. The Morgan fingerprint density at radius 1 is 0.741 bits per heavy atom. The lowest BCUT2D eigenvalue weighted by molar-refractivity contribution is -0.350. The second-order valence-electron chi connectivity index (χ2n) is 16.9. The van der Waals surface area contributed by atoms with Crippen molar-refractivity contribution in [2.45, 2.75) is 159 Å². The van der Waals surface area contributed by atoms with Gasteiger partial charge >= 0.3 is 17.9 Å². The topological polar surface area (TPSA) is 287 Å². The van der Waals surface area contributed by atoms with Crippen molar-refractivity contribution in [1.29, 1.82) is 0 Å². The second kappa shape index (κ2) is 19.8. The van der Waals surface area contributed by atoms with Crippen molar-refractivity contribution in [1.82, 2.24) is 5.32 Å². The van der Waals surface area contributed by atoms with Crippen molar-refractivity contribution in [3.8, 4) is 0 Å². The van der Waals surface area contributed by atoms with Gasteiger partial charge in [-0.2, -0.15) is 0 Å². The number of rotatable bonds is 14. The summed E-state index contributed by atoms with van der Waals surface area (Å²) in [6.07, 6.45) is -20.1. The third-order valence-corrected chi connectivity index (χ3v) is 9.84. The smallest absolute Gasteiger partial charge is 0.333 e. The number of hydrogen-bond donors (Lipinski definition) is 8. The maximum Gasteiger partial charge on any atom is 0.333 e. The monoisotopic (exact) mass is 829 g/mol. The van der Waals surface area contributed by atoms with Crippen LogP contribution < -0.4 is 5.32 Å². The zero-order valence-electron chi connectivity index (χ0n) is 33.7. The van der Waals surface area contributed by atoms with Crippen LogP contribution in [-0.2, 0) is 58.8 Å². The summed E-state index contributed by atoms with van der Waals surface area (Å²) in [6, 6.07) is 7.12. The molecule has 8 N–H and O–H groups in total. The number of carbonyl (C=O) groups is 4. The Hall–Kier alpha value is -3.34. The van der Waals surface area contributed by atoms with E-state index in [1.807, 2.05) is 0 Å². The molecule has 0 bridgehead atoms. The Morgan fingerprint density at radius 2 is 1.26 bits per heavy atom. The molecular formula is C39H59NO18. The van der Waals surface area contributed by atoms with Crippen molar-refractivity contribution in [3.63, 3.8) is 0 Å². The van der Waals surface area contributed by atoms with E-state index < -0.39 is 140 Å². The van der Waals surface area contributed by atoms with Crippen LogP contribution in [0.15, 0.2) is 30.3 Å². The highest BCUT2D eigenvalue weighted by atomic mass is 16.7. The number of carboxylic acids is 1. The third-order valence-electron chi connectivity index (χ3n) is 9.84. The molecule has 58 heavy (non-hydrogen) atoms. The molecule has 3 aliphatic rings. The van der Waals surface area contributed by atoms with E-state index in [0.717, 1.165) is 6.92 Å². The van der Waals surface area contributed by atoms with Crippen molar-refractivity contribution in [2.24, 2.45) is 11.8 Å². The van der Waals surface area contributed by atoms with E-state index in [1.165, 1.54) is 0 Å². The molecule has 0 radical (unpaired) electrons. The van der Waals surface area contributed by atoms with E-state index in [9.17, 15) is 54.9 Å². The van der Waals surface area contributed by atoms with E-state index in [0.29, 0.717) is 5.56 Å². The van der Waals surface area contributed by atoms with Crippen LogP contribution in [0, 0.1) is 11.8 Å². The molecule has 328 valence electrons. The maximum absolute atomic E-state index is 13.9. The quantitative estimate of drug-likeness (QED) is 0.104. The minimum absolute atomic E-state index is 0.103. The van der Waals surface area contributed by atoms with Gasteiger partial charge in [-0.15, -0.1) is 0 Å². The number of hydrogen-bond acceptors (Lipinski definition) is 17. The van der Waals surface area contributed by atoms with E-state index in [4.69, 9.17) is 33.2 Å². The summed E-state index contributed by atoms with van der Waals surface area (Å²) in [7, 11) is 0. The molecule has 1 amide bonds. The zero-order valence-corrected chi connectivity index (χ0v) is 33.7. The Labute approximate surface area is 336 Å². The van der Waals surface area contributed by atoms with Crippen LogP contribution in [0.3, 0.4) is 0 Å². The second-order valence-corrected chi connectivity index (χ2v) is 16.9. The number of amides is 1. The van der Waals surface area contributed by atoms with E-state index >= 15 is 0 Å². The molecule has 1 saturated carbocycles. The summed E-state index contributed by atoms with van der Waals surface area (Å²) in [5.41, 5.74) is -1.35. The van der Waals surface area contributed by atoms with Gasteiger partial charge in [0, 0.05) is 13.3 Å². The number of benzene rings is 1. The first-order valence-corrected chi connectivity index (χ1v) is 19.2. The van der Waals surface area contributed by atoms with E-state index in [1.54, 1.807) is 71.9 Å². The Bertz CT molecular complexity index is 1530. The lowest BCUT2D eigenvalue weighted by Crippen LogP contribution is -2.68. The van der Waals surface area contributed by atoms with Crippen LogP contribution in [0.25, 0.3) is 0 Å². The Morgan fingerprint density at radius 3 is 1.76 bits per heavy atom. The molecule has 1 aromatic carbocycles. The highest BCUT2D eigenvalue weighted by molar-refractivity contribution is 5.83. The molecule has 0 aromatic heterocycles. The summed E-state index contributed by atoms with van der Waals surface area (Å²) >= 11 is 0. The summed E-state index contributed by atoms with van der Waals surface area (Å²) in [5, 5.41) is 75.8. The van der Waals surface area contributed by atoms with Gasteiger partial charge in [0.25, 0.3) is 0 Å². The predicted octanol–water partition coefficient (Wildman–Crippen LogP) is -1.07. The number of nitrogens with one attached hydrogen (secondary N) is 1. The predicted molar refractivity (Wildman–Crippen MR) is 197 cm³/mol. The fourth-order valence-electron chi connectivity index (χ4n) is 7.17. The van der Waals surface area contributed by atoms with Crippen LogP contribution in [0.1, 0.15) is 66.9 Å². The minimum Gasteiger partial charge on any atom is -0.479 e. The lowest BCUT2D eigenvalue weighted by Gasteiger charge is -2.49. The third kappa shape index (κ3) is 12.4. The molecule has 19 nitrogen and oxygen atoms in total. The molecule has 2 heterocycles. The summed E-state index contributed by atoms with van der Waals surface area (Å²) in [6.45, 7) is 9.35. The first kappa shape index (κ1) is 47.3. The number of aliphatic carboxylic acids is 1. The van der Waals surface area contributed by atoms with Gasteiger partial charge in [-0.05, 0) is 59.9 Å². The van der Waals surface area contributed by atoms with E-state index in [2.05, 4.69) is 5.32 Å². The highest BCUT2D eigenvalue weighted by Gasteiger charge is 2.55. The average Bonchev–Trinajstić information content (AvgIpc) is 3.12. The van der Waals surface area contributed by atoms with Crippen molar-refractivity contribution >= 4 is 23.8 Å². The van der Waals surface area contributed by atoms with Crippen LogP contribution in [0.2, 0.25) is 0 Å². The highest BCUT2D eigenvalue weighted by Crippen LogP contribution is 2.40. The number of aliphatic hydroxyl groups is 6. The Balaban J connectivity index is 1.77. The van der Waals surface area contributed by atoms with Crippen molar-refractivity contribution < 1.29 is 88.1 Å². The normalized spacial score (nSPS) is 35.1. The van der Waals surface area contributed by atoms with Gasteiger partial charge < -0.3 is 74.2 Å². The van der Waals surface area contributed by atoms with Crippen LogP contribution in [-0.4, -0.2) is 164 Å². The van der Waals surface area contributed by atoms with Gasteiger partial charge in [0.15, 0.2) is 18.7 Å². The largest absolute Gasteiger partial charge is 0.479 e. The molecule has 3 fully saturated rings. The number of carboxylic acid groups (broad SMARTS) is 1. The van der Waals surface area contributed by atoms with Gasteiger partial charge in [0.1, 0.15) is 60.0 Å².